The molecule has 1 heterocycles. The lowest BCUT2D eigenvalue weighted by Crippen LogP contribution is -2.52. The number of thiazole rings is 1. The Kier molecular flexibility index (Phi) is 3.48. The molecule has 0 unspecified atom stereocenters. The van der Waals surface area contributed by atoms with Crippen molar-refractivity contribution in [3.05, 3.63) is 23.8 Å². The molecule has 1 aliphatic rings. The average Bonchev–Trinajstić information content (AvgIpc) is 2.81. The normalized spacial score (nSPS) is 18.1. The first kappa shape index (κ1) is 13.5. The van der Waals surface area contributed by atoms with Gasteiger partial charge in [0, 0.05) is 0 Å². The molecule has 0 spiro atoms. The van der Waals surface area contributed by atoms with E-state index in [9.17, 15) is 4.79 Å². The summed E-state index contributed by atoms with van der Waals surface area (Å²) in [5.41, 5.74) is 7.64. The number of aryl methyl sites for hydroxylation is 1. The molecule has 0 saturated heterocycles. The van der Waals surface area contributed by atoms with Crippen LogP contribution in [0.25, 0.3) is 10.2 Å². The van der Waals surface area contributed by atoms with E-state index < -0.39 is 5.54 Å². The van der Waals surface area contributed by atoms with Gasteiger partial charge < -0.3 is 11.1 Å². The number of anilines is 1. The van der Waals surface area contributed by atoms with E-state index in [0.717, 1.165) is 35.9 Å². The van der Waals surface area contributed by atoms with Crippen LogP contribution < -0.4 is 11.1 Å². The summed E-state index contributed by atoms with van der Waals surface area (Å²) in [6.07, 6.45) is 4.77. The summed E-state index contributed by atoms with van der Waals surface area (Å²) in [5, 5.41) is 3.55. The fraction of sp³-hybridized carbons (Fsp3) is 0.467. The number of amides is 1. The van der Waals surface area contributed by atoms with Crippen LogP contribution in [0.2, 0.25) is 0 Å². The second-order valence-corrected chi connectivity index (χ2v) is 6.69. The highest BCUT2D eigenvalue weighted by Crippen LogP contribution is 2.30. The molecule has 5 heteroatoms. The number of nitrogens with zero attached hydrogens (tertiary/aromatic N) is 1. The van der Waals surface area contributed by atoms with Crippen molar-refractivity contribution in [2.45, 2.75) is 44.6 Å². The van der Waals surface area contributed by atoms with E-state index in [1.54, 1.807) is 0 Å². The molecular weight excluding hydrogens is 270 g/mol. The van der Waals surface area contributed by atoms with Gasteiger partial charge in [0.15, 0.2) is 5.13 Å². The molecule has 1 aromatic heterocycles. The molecule has 4 nitrogen and oxygen atoms in total. The number of aromatic nitrogens is 1. The lowest BCUT2D eigenvalue weighted by atomic mass is 9.82. The van der Waals surface area contributed by atoms with E-state index in [0.29, 0.717) is 5.13 Å². The standard InChI is InChI=1S/C15H19N3OS/c1-10-5-6-11-12(9-10)20-14(17-11)18-13(19)15(16)7-3-2-4-8-15/h5-6,9H,2-4,7-8,16H2,1H3,(H,17,18,19). The van der Waals surface area contributed by atoms with E-state index in [1.807, 2.05) is 19.1 Å². The molecule has 0 atom stereocenters. The van der Waals surface area contributed by atoms with Gasteiger partial charge in [-0.1, -0.05) is 36.7 Å². The number of nitrogens with one attached hydrogen (secondary N) is 1. The van der Waals surface area contributed by atoms with Crippen LogP contribution in [0.3, 0.4) is 0 Å². The Morgan fingerprint density at radius 1 is 1.35 bits per heavy atom. The number of nitrogens with two attached hydrogens (primary N) is 1. The predicted molar refractivity (Wildman–Crippen MR) is 83.0 cm³/mol. The first-order chi connectivity index (χ1) is 9.57. The molecule has 2 aromatic rings. The van der Waals surface area contributed by atoms with Gasteiger partial charge in [-0.2, -0.15) is 0 Å². The Morgan fingerprint density at radius 2 is 2.10 bits per heavy atom. The highest BCUT2D eigenvalue weighted by molar-refractivity contribution is 7.22. The lowest BCUT2D eigenvalue weighted by molar-refractivity contribution is -0.122. The minimum atomic E-state index is -0.716. The minimum absolute atomic E-state index is 0.0898. The van der Waals surface area contributed by atoms with Gasteiger partial charge in [0.25, 0.3) is 0 Å². The Bertz CT molecular complexity index is 644. The fourth-order valence-electron chi connectivity index (χ4n) is 2.72. The Balaban J connectivity index is 1.80. The van der Waals surface area contributed by atoms with Crippen molar-refractivity contribution in [3.63, 3.8) is 0 Å². The quantitative estimate of drug-likeness (QED) is 0.892. The van der Waals surface area contributed by atoms with Crippen LogP contribution in [0.15, 0.2) is 18.2 Å². The third-order valence-corrected chi connectivity index (χ3v) is 4.90. The summed E-state index contributed by atoms with van der Waals surface area (Å²) in [6, 6.07) is 6.09. The molecule has 3 N–H and O–H groups in total. The van der Waals surface area contributed by atoms with Crippen LogP contribution in [0.5, 0.6) is 0 Å². The van der Waals surface area contributed by atoms with Gasteiger partial charge in [-0.3, -0.25) is 4.79 Å². The lowest BCUT2D eigenvalue weighted by Gasteiger charge is -2.31. The van der Waals surface area contributed by atoms with E-state index in [-0.39, 0.29) is 5.91 Å². The third-order valence-electron chi connectivity index (χ3n) is 3.96. The number of hydrogen-bond donors (Lipinski definition) is 2. The van der Waals surface area contributed by atoms with Crippen molar-refractivity contribution < 1.29 is 4.79 Å². The summed E-state index contributed by atoms with van der Waals surface area (Å²) >= 11 is 1.50. The molecule has 1 aliphatic carbocycles. The monoisotopic (exact) mass is 289 g/mol. The zero-order chi connectivity index (χ0) is 14.2. The maximum atomic E-state index is 12.4. The maximum absolute atomic E-state index is 12.4. The van der Waals surface area contributed by atoms with Crippen LogP contribution >= 0.6 is 11.3 Å². The molecular formula is C15H19N3OS. The van der Waals surface area contributed by atoms with Crippen molar-refractivity contribution in [1.82, 2.24) is 4.98 Å². The summed E-state index contributed by atoms with van der Waals surface area (Å²) < 4.78 is 1.09. The molecule has 0 bridgehead atoms. The van der Waals surface area contributed by atoms with Gasteiger partial charge in [0.05, 0.1) is 15.8 Å². The average molecular weight is 289 g/mol. The number of carbonyl (C=O) groups excluding carboxylic acids is 1. The van der Waals surface area contributed by atoms with Crippen molar-refractivity contribution >= 4 is 32.6 Å². The predicted octanol–water partition coefficient (Wildman–Crippen LogP) is 3.20. The molecule has 1 saturated carbocycles. The fourth-order valence-corrected chi connectivity index (χ4v) is 3.68. The van der Waals surface area contributed by atoms with E-state index in [2.05, 4.69) is 16.4 Å². The Labute approximate surface area is 122 Å². The Morgan fingerprint density at radius 3 is 2.85 bits per heavy atom. The van der Waals surface area contributed by atoms with Crippen LogP contribution in [-0.2, 0) is 4.79 Å². The van der Waals surface area contributed by atoms with Gasteiger partial charge in [0.2, 0.25) is 5.91 Å². The summed E-state index contributed by atoms with van der Waals surface area (Å²) in [4.78, 5) is 16.8. The van der Waals surface area contributed by atoms with Crippen LogP contribution in [0.4, 0.5) is 5.13 Å². The number of benzene rings is 1. The summed E-state index contributed by atoms with van der Waals surface area (Å²) in [5.74, 6) is -0.0898. The van der Waals surface area contributed by atoms with E-state index in [4.69, 9.17) is 5.73 Å². The van der Waals surface area contributed by atoms with Gasteiger partial charge in [-0.25, -0.2) is 4.98 Å². The highest BCUT2D eigenvalue weighted by atomic mass is 32.1. The molecule has 1 fully saturated rings. The zero-order valence-electron chi connectivity index (χ0n) is 11.6. The van der Waals surface area contributed by atoms with Crippen LogP contribution in [0, 0.1) is 6.92 Å². The molecule has 20 heavy (non-hydrogen) atoms. The molecule has 3 rings (SSSR count). The van der Waals surface area contributed by atoms with Crippen molar-refractivity contribution in [2.24, 2.45) is 5.73 Å². The zero-order valence-corrected chi connectivity index (χ0v) is 12.4. The van der Waals surface area contributed by atoms with Gasteiger partial charge in [0.1, 0.15) is 0 Å². The first-order valence-corrected chi connectivity index (χ1v) is 7.86. The maximum Gasteiger partial charge on any atom is 0.246 e. The molecule has 106 valence electrons. The Hall–Kier alpha value is -1.46. The second-order valence-electron chi connectivity index (χ2n) is 5.66. The molecule has 1 amide bonds. The summed E-state index contributed by atoms with van der Waals surface area (Å²) in [7, 11) is 0. The minimum Gasteiger partial charge on any atom is -0.317 e. The third kappa shape index (κ3) is 2.55. The number of fused-ring (bicyclic) bond motifs is 1. The molecule has 1 aromatic carbocycles. The summed E-state index contributed by atoms with van der Waals surface area (Å²) in [6.45, 7) is 2.05. The number of rotatable bonds is 2. The number of hydrogen-bond acceptors (Lipinski definition) is 4. The first-order valence-electron chi connectivity index (χ1n) is 7.04. The largest absolute Gasteiger partial charge is 0.317 e. The van der Waals surface area contributed by atoms with E-state index >= 15 is 0 Å². The SMILES string of the molecule is Cc1ccc2nc(NC(=O)C3(N)CCCCC3)sc2c1. The molecule has 0 aliphatic heterocycles. The van der Waals surface area contributed by atoms with Gasteiger partial charge in [-0.05, 0) is 37.5 Å². The highest BCUT2D eigenvalue weighted by Gasteiger charge is 2.35. The molecule has 0 radical (unpaired) electrons. The van der Waals surface area contributed by atoms with Crippen molar-refractivity contribution in [1.29, 1.82) is 0 Å². The second kappa shape index (κ2) is 5.14. The van der Waals surface area contributed by atoms with Crippen LogP contribution in [-0.4, -0.2) is 16.4 Å². The smallest absolute Gasteiger partial charge is 0.246 e. The van der Waals surface area contributed by atoms with Gasteiger partial charge >= 0.3 is 0 Å². The topological polar surface area (TPSA) is 68.0 Å². The van der Waals surface area contributed by atoms with Gasteiger partial charge in [-0.15, -0.1) is 0 Å². The van der Waals surface area contributed by atoms with Crippen molar-refractivity contribution in [2.75, 3.05) is 5.32 Å². The van der Waals surface area contributed by atoms with Crippen LogP contribution in [0.1, 0.15) is 37.7 Å². The van der Waals surface area contributed by atoms with E-state index in [1.165, 1.54) is 23.3 Å². The number of carbonyl (C=O) groups is 1. The van der Waals surface area contributed by atoms with Crippen molar-refractivity contribution in [3.8, 4) is 0 Å².